The molecule has 118 valence electrons. The van der Waals surface area contributed by atoms with Gasteiger partial charge in [-0.1, -0.05) is 0 Å². The quantitative estimate of drug-likeness (QED) is 0.789. The normalized spacial score (nSPS) is 15.5. The Morgan fingerprint density at radius 1 is 1.19 bits per heavy atom. The Labute approximate surface area is 125 Å². The van der Waals surface area contributed by atoms with Crippen LogP contribution in [0.3, 0.4) is 0 Å². The van der Waals surface area contributed by atoms with E-state index < -0.39 is 10.0 Å². The lowest BCUT2D eigenvalue weighted by Gasteiger charge is -2.18. The Kier molecular flexibility index (Phi) is 4.94. The van der Waals surface area contributed by atoms with Gasteiger partial charge in [0.05, 0.1) is 12.3 Å². The van der Waals surface area contributed by atoms with Crippen molar-refractivity contribution in [3.05, 3.63) is 5.82 Å². The van der Waals surface area contributed by atoms with Crippen LogP contribution in [0.4, 0.5) is 11.9 Å². The Balaban J connectivity index is 2.23. The minimum Gasteiger partial charge on any atom is -0.347 e. The maximum Gasteiger partial charge on any atom is 0.230 e. The molecule has 0 aromatic carbocycles. The molecule has 0 spiro atoms. The summed E-state index contributed by atoms with van der Waals surface area (Å²) in [7, 11) is 0.440. The van der Waals surface area contributed by atoms with Crippen LogP contribution in [0.1, 0.15) is 25.6 Å². The summed E-state index contributed by atoms with van der Waals surface area (Å²) in [6.07, 6.45) is 2.25. The first-order valence-corrected chi connectivity index (χ1v) is 8.71. The fourth-order valence-corrected chi connectivity index (χ4v) is 2.56. The minimum atomic E-state index is -3.26. The molecule has 1 aromatic rings. The first-order chi connectivity index (χ1) is 9.91. The van der Waals surface area contributed by atoms with E-state index in [0.717, 1.165) is 25.9 Å². The van der Waals surface area contributed by atoms with Crippen molar-refractivity contribution in [1.82, 2.24) is 19.7 Å². The van der Waals surface area contributed by atoms with E-state index in [1.807, 2.05) is 14.1 Å². The minimum absolute atomic E-state index is 0.0393. The molecule has 0 unspecified atom stereocenters. The number of hydrogen-bond donors (Lipinski definition) is 1. The Bertz CT molecular complexity index is 583. The highest BCUT2D eigenvalue weighted by Gasteiger charge is 2.18. The van der Waals surface area contributed by atoms with E-state index in [1.54, 1.807) is 11.8 Å². The zero-order chi connectivity index (χ0) is 15.5. The third-order valence-electron chi connectivity index (χ3n) is 3.28. The van der Waals surface area contributed by atoms with Crippen molar-refractivity contribution in [2.45, 2.75) is 26.3 Å². The third kappa shape index (κ3) is 4.24. The van der Waals surface area contributed by atoms with Gasteiger partial charge in [-0.25, -0.2) is 13.1 Å². The summed E-state index contributed by atoms with van der Waals surface area (Å²) in [6.45, 7) is 3.53. The van der Waals surface area contributed by atoms with Crippen LogP contribution in [-0.2, 0) is 16.6 Å². The average molecular weight is 314 g/mol. The molecule has 0 radical (unpaired) electrons. The molecule has 2 heterocycles. The van der Waals surface area contributed by atoms with Gasteiger partial charge in [-0.3, -0.25) is 0 Å². The van der Waals surface area contributed by atoms with E-state index in [1.165, 1.54) is 0 Å². The van der Waals surface area contributed by atoms with Crippen LogP contribution >= 0.6 is 0 Å². The van der Waals surface area contributed by atoms with Crippen LogP contribution in [0.5, 0.6) is 0 Å². The van der Waals surface area contributed by atoms with Crippen molar-refractivity contribution < 1.29 is 8.42 Å². The molecule has 1 N–H and O–H groups in total. The third-order valence-corrected chi connectivity index (χ3v) is 4.62. The predicted molar refractivity (Wildman–Crippen MR) is 81.9 cm³/mol. The highest BCUT2D eigenvalue weighted by Crippen LogP contribution is 2.17. The Morgan fingerprint density at radius 3 is 2.43 bits per heavy atom. The lowest BCUT2D eigenvalue weighted by molar-refractivity contribution is 0.580. The summed E-state index contributed by atoms with van der Waals surface area (Å²) in [5, 5.41) is 0. The van der Waals surface area contributed by atoms with Crippen LogP contribution < -0.4 is 14.5 Å². The van der Waals surface area contributed by atoms with Gasteiger partial charge >= 0.3 is 0 Å². The molecule has 1 aromatic heterocycles. The van der Waals surface area contributed by atoms with Gasteiger partial charge in [0.15, 0.2) is 5.82 Å². The monoisotopic (exact) mass is 314 g/mol. The maximum absolute atomic E-state index is 11.5. The topological polar surface area (TPSA) is 91.3 Å². The van der Waals surface area contributed by atoms with Crippen molar-refractivity contribution >= 4 is 21.9 Å². The molecule has 1 aliphatic heterocycles. The van der Waals surface area contributed by atoms with Gasteiger partial charge in [-0.15, -0.1) is 0 Å². The molecule has 2 rings (SSSR count). The summed E-state index contributed by atoms with van der Waals surface area (Å²) >= 11 is 0. The van der Waals surface area contributed by atoms with E-state index in [4.69, 9.17) is 0 Å². The second-order valence-electron chi connectivity index (χ2n) is 5.16. The summed E-state index contributed by atoms with van der Waals surface area (Å²) in [5.41, 5.74) is 0. The molecule has 1 saturated heterocycles. The highest BCUT2D eigenvalue weighted by molar-refractivity contribution is 7.89. The molecule has 0 bridgehead atoms. The van der Waals surface area contributed by atoms with Gasteiger partial charge < -0.3 is 9.80 Å². The first kappa shape index (κ1) is 15.9. The predicted octanol–water partition coefficient (Wildman–Crippen LogP) is -0.0229. The van der Waals surface area contributed by atoms with Gasteiger partial charge in [-0.05, 0) is 19.8 Å². The van der Waals surface area contributed by atoms with E-state index >= 15 is 0 Å². The van der Waals surface area contributed by atoms with Gasteiger partial charge in [0.1, 0.15) is 0 Å². The first-order valence-electron chi connectivity index (χ1n) is 7.06. The van der Waals surface area contributed by atoms with Gasteiger partial charge in [0, 0.05) is 27.2 Å². The van der Waals surface area contributed by atoms with Crippen molar-refractivity contribution in [3.8, 4) is 0 Å². The molecule has 1 aliphatic rings. The summed E-state index contributed by atoms with van der Waals surface area (Å²) < 4.78 is 25.6. The summed E-state index contributed by atoms with van der Waals surface area (Å²) in [5.74, 6) is 1.64. The molecule has 21 heavy (non-hydrogen) atoms. The molecular formula is C12H22N6O2S. The second-order valence-corrected chi connectivity index (χ2v) is 7.26. The van der Waals surface area contributed by atoms with Crippen molar-refractivity contribution in [2.75, 3.05) is 42.7 Å². The number of hydrogen-bond acceptors (Lipinski definition) is 7. The fraction of sp³-hybridized carbons (Fsp3) is 0.750. The zero-order valence-electron chi connectivity index (χ0n) is 12.7. The number of rotatable bonds is 6. The smallest absolute Gasteiger partial charge is 0.230 e. The van der Waals surface area contributed by atoms with Gasteiger partial charge in [0.2, 0.25) is 21.9 Å². The molecule has 0 aliphatic carbocycles. The van der Waals surface area contributed by atoms with Crippen molar-refractivity contribution in [3.63, 3.8) is 0 Å². The number of anilines is 2. The Morgan fingerprint density at radius 2 is 1.86 bits per heavy atom. The maximum atomic E-state index is 11.5. The van der Waals surface area contributed by atoms with Crippen LogP contribution in [0, 0.1) is 0 Å². The molecule has 0 saturated carbocycles. The van der Waals surface area contributed by atoms with Crippen molar-refractivity contribution in [2.24, 2.45) is 0 Å². The van der Waals surface area contributed by atoms with Gasteiger partial charge in [0.25, 0.3) is 0 Å². The van der Waals surface area contributed by atoms with Crippen LogP contribution in [-0.4, -0.2) is 56.3 Å². The van der Waals surface area contributed by atoms with E-state index in [0.29, 0.717) is 17.7 Å². The fourth-order valence-electron chi connectivity index (χ4n) is 2.01. The van der Waals surface area contributed by atoms with Crippen LogP contribution in [0.2, 0.25) is 0 Å². The van der Waals surface area contributed by atoms with E-state index in [2.05, 4.69) is 24.6 Å². The van der Waals surface area contributed by atoms with Crippen molar-refractivity contribution in [1.29, 1.82) is 0 Å². The zero-order valence-corrected chi connectivity index (χ0v) is 13.5. The molecule has 9 heteroatoms. The summed E-state index contributed by atoms with van der Waals surface area (Å²) in [4.78, 5) is 17.0. The number of nitrogens with one attached hydrogen (secondary N) is 1. The number of nitrogens with zero attached hydrogens (tertiary/aromatic N) is 5. The molecule has 0 amide bonds. The molecule has 0 atom stereocenters. The molecule has 8 nitrogen and oxygen atoms in total. The summed E-state index contributed by atoms with van der Waals surface area (Å²) in [6, 6.07) is 0. The molecule has 1 fully saturated rings. The standard InChI is InChI=1S/C12H22N6O2S/c1-4-21(19,20)13-9-10-14-11(17(2)3)16-12(15-10)18-7-5-6-8-18/h13H,4-9H2,1-3H3. The lowest BCUT2D eigenvalue weighted by Crippen LogP contribution is -2.28. The number of aromatic nitrogens is 3. The average Bonchev–Trinajstić information content (AvgIpc) is 2.99. The second kappa shape index (κ2) is 6.52. The lowest BCUT2D eigenvalue weighted by atomic mass is 10.4. The van der Waals surface area contributed by atoms with E-state index in [-0.39, 0.29) is 12.3 Å². The van der Waals surface area contributed by atoms with Crippen LogP contribution in [0.15, 0.2) is 0 Å². The highest BCUT2D eigenvalue weighted by atomic mass is 32.2. The van der Waals surface area contributed by atoms with Crippen LogP contribution in [0.25, 0.3) is 0 Å². The van der Waals surface area contributed by atoms with E-state index in [9.17, 15) is 8.42 Å². The SMILES string of the molecule is CCS(=O)(=O)NCc1nc(N(C)C)nc(N2CCCC2)n1. The Hall–Kier alpha value is -1.48. The number of sulfonamides is 1. The largest absolute Gasteiger partial charge is 0.347 e. The molecular weight excluding hydrogens is 292 g/mol. The van der Waals surface area contributed by atoms with Gasteiger partial charge in [-0.2, -0.15) is 15.0 Å².